The van der Waals surface area contributed by atoms with Gasteiger partial charge in [-0.2, -0.15) is 0 Å². The summed E-state index contributed by atoms with van der Waals surface area (Å²) in [4.78, 5) is 22.0. The van der Waals surface area contributed by atoms with Gasteiger partial charge in [-0.05, 0) is 43.3 Å². The van der Waals surface area contributed by atoms with Crippen molar-refractivity contribution in [3.8, 4) is 11.5 Å². The minimum atomic E-state index is -0.739. The summed E-state index contributed by atoms with van der Waals surface area (Å²) < 4.78 is 5.69. The van der Waals surface area contributed by atoms with Gasteiger partial charge < -0.3 is 21.1 Å². The number of rotatable bonds is 5. The van der Waals surface area contributed by atoms with Crippen molar-refractivity contribution in [1.29, 1.82) is 0 Å². The van der Waals surface area contributed by atoms with Crippen molar-refractivity contribution in [2.75, 3.05) is 11.9 Å². The van der Waals surface area contributed by atoms with Crippen LogP contribution in [0.3, 0.4) is 0 Å². The number of hydrogen-bond acceptors (Lipinski definition) is 3. The van der Waals surface area contributed by atoms with E-state index in [1.807, 2.05) is 31.2 Å². The monoisotopic (exact) mass is 299 g/mol. The number of carbonyl (C=O) groups excluding carboxylic acids is 2. The molecule has 0 radical (unpaired) electrons. The average molecular weight is 299 g/mol. The molecule has 2 aromatic rings. The van der Waals surface area contributed by atoms with Gasteiger partial charge in [-0.1, -0.05) is 17.7 Å². The highest BCUT2D eigenvalue weighted by molar-refractivity contribution is 5.94. The van der Waals surface area contributed by atoms with E-state index in [1.165, 1.54) is 0 Å². The molecule has 0 unspecified atom stereocenters. The van der Waals surface area contributed by atoms with Crippen molar-refractivity contribution in [2.45, 2.75) is 6.92 Å². The van der Waals surface area contributed by atoms with E-state index in [0.29, 0.717) is 11.4 Å². The molecule has 0 aliphatic rings. The molecule has 22 heavy (non-hydrogen) atoms. The predicted octanol–water partition coefficient (Wildman–Crippen LogP) is 2.39. The molecule has 0 aliphatic heterocycles. The molecule has 6 heteroatoms. The largest absolute Gasteiger partial charge is 0.457 e. The third kappa shape index (κ3) is 4.82. The summed E-state index contributed by atoms with van der Waals surface area (Å²) in [6.45, 7) is 1.84. The fourth-order valence-electron chi connectivity index (χ4n) is 1.72. The van der Waals surface area contributed by atoms with Gasteiger partial charge in [-0.15, -0.1) is 0 Å². The second-order valence-electron chi connectivity index (χ2n) is 4.71. The van der Waals surface area contributed by atoms with Crippen LogP contribution in [0.2, 0.25) is 0 Å². The Balaban J connectivity index is 1.91. The summed E-state index contributed by atoms with van der Waals surface area (Å²) in [7, 11) is 0. The van der Waals surface area contributed by atoms with E-state index in [-0.39, 0.29) is 12.5 Å². The van der Waals surface area contributed by atoms with Crippen LogP contribution in [0.5, 0.6) is 11.5 Å². The zero-order valence-electron chi connectivity index (χ0n) is 12.1. The molecule has 0 aliphatic carbocycles. The Morgan fingerprint density at radius 1 is 1.00 bits per heavy atom. The number of primary amides is 1. The van der Waals surface area contributed by atoms with Crippen LogP contribution in [-0.2, 0) is 4.79 Å². The first-order valence-corrected chi connectivity index (χ1v) is 6.71. The number of ether oxygens (including phenoxy) is 1. The van der Waals surface area contributed by atoms with Gasteiger partial charge in [-0.25, -0.2) is 4.79 Å². The number of amides is 3. The number of benzene rings is 2. The van der Waals surface area contributed by atoms with Crippen LogP contribution in [0.25, 0.3) is 0 Å². The Kier molecular flexibility index (Phi) is 4.98. The number of anilines is 1. The maximum Gasteiger partial charge on any atom is 0.312 e. The van der Waals surface area contributed by atoms with Crippen molar-refractivity contribution in [1.82, 2.24) is 5.32 Å². The zero-order chi connectivity index (χ0) is 15.9. The summed E-state index contributed by atoms with van der Waals surface area (Å²) in [5, 5.41) is 4.85. The second-order valence-corrected chi connectivity index (χ2v) is 4.71. The smallest absolute Gasteiger partial charge is 0.312 e. The maximum absolute atomic E-state index is 11.5. The lowest BCUT2D eigenvalue weighted by molar-refractivity contribution is -0.115. The van der Waals surface area contributed by atoms with Crippen LogP contribution in [-0.4, -0.2) is 18.5 Å². The average Bonchev–Trinajstić information content (AvgIpc) is 2.49. The topological polar surface area (TPSA) is 93.4 Å². The van der Waals surface area contributed by atoms with Crippen molar-refractivity contribution >= 4 is 17.6 Å². The van der Waals surface area contributed by atoms with E-state index >= 15 is 0 Å². The standard InChI is InChI=1S/C16H17N3O3/c1-11-2-6-13(7-3-11)22-14-8-4-12(5-9-14)19-15(20)10-18-16(17)21/h2-9H,10H2,1H3,(H,19,20)(H3,17,18,21). The van der Waals surface area contributed by atoms with Crippen molar-refractivity contribution < 1.29 is 14.3 Å². The van der Waals surface area contributed by atoms with Crippen molar-refractivity contribution in [2.24, 2.45) is 5.73 Å². The van der Waals surface area contributed by atoms with Crippen LogP contribution >= 0.6 is 0 Å². The summed E-state index contributed by atoms with van der Waals surface area (Å²) in [5.41, 5.74) is 6.66. The van der Waals surface area contributed by atoms with Crippen LogP contribution in [0.15, 0.2) is 48.5 Å². The number of nitrogens with one attached hydrogen (secondary N) is 2. The lowest BCUT2D eigenvalue weighted by Crippen LogP contribution is -2.36. The lowest BCUT2D eigenvalue weighted by atomic mass is 10.2. The molecule has 0 atom stereocenters. The molecule has 3 amide bonds. The van der Waals surface area contributed by atoms with E-state index in [9.17, 15) is 9.59 Å². The molecule has 4 N–H and O–H groups in total. The molecular formula is C16H17N3O3. The van der Waals surface area contributed by atoms with Gasteiger partial charge in [0.25, 0.3) is 0 Å². The van der Waals surface area contributed by atoms with Gasteiger partial charge >= 0.3 is 6.03 Å². The minimum Gasteiger partial charge on any atom is -0.457 e. The Morgan fingerprint density at radius 3 is 2.09 bits per heavy atom. The van der Waals surface area contributed by atoms with Crippen LogP contribution in [0, 0.1) is 6.92 Å². The van der Waals surface area contributed by atoms with Crippen molar-refractivity contribution in [3.63, 3.8) is 0 Å². The molecule has 2 rings (SSSR count). The molecule has 2 aromatic carbocycles. The van der Waals surface area contributed by atoms with Gasteiger partial charge in [0, 0.05) is 5.69 Å². The third-order valence-electron chi connectivity index (χ3n) is 2.82. The first-order valence-electron chi connectivity index (χ1n) is 6.71. The lowest BCUT2D eigenvalue weighted by Gasteiger charge is -2.08. The maximum atomic E-state index is 11.5. The fourth-order valence-corrected chi connectivity index (χ4v) is 1.72. The molecule has 0 fully saturated rings. The van der Waals surface area contributed by atoms with Gasteiger partial charge in [0.15, 0.2) is 0 Å². The highest BCUT2D eigenvalue weighted by Crippen LogP contribution is 2.23. The summed E-state index contributed by atoms with van der Waals surface area (Å²) >= 11 is 0. The summed E-state index contributed by atoms with van der Waals surface area (Å²) in [6, 6.07) is 13.9. The molecule has 114 valence electrons. The SMILES string of the molecule is Cc1ccc(Oc2ccc(NC(=O)CNC(N)=O)cc2)cc1. The normalized spacial score (nSPS) is 9.86. The van der Waals surface area contributed by atoms with Crippen LogP contribution in [0.1, 0.15) is 5.56 Å². The number of hydrogen-bond donors (Lipinski definition) is 3. The van der Waals surface area contributed by atoms with E-state index in [1.54, 1.807) is 24.3 Å². The Hall–Kier alpha value is -3.02. The second kappa shape index (κ2) is 7.12. The Bertz CT molecular complexity index is 651. The Morgan fingerprint density at radius 2 is 1.55 bits per heavy atom. The Labute approximate surface area is 128 Å². The molecule has 6 nitrogen and oxygen atoms in total. The van der Waals surface area contributed by atoms with Crippen LogP contribution in [0.4, 0.5) is 10.5 Å². The van der Waals surface area contributed by atoms with E-state index < -0.39 is 6.03 Å². The third-order valence-corrected chi connectivity index (χ3v) is 2.82. The summed E-state index contributed by atoms with van der Waals surface area (Å²) in [6.07, 6.45) is 0. The minimum absolute atomic E-state index is 0.170. The van der Waals surface area contributed by atoms with Gasteiger partial charge in [0.05, 0.1) is 6.54 Å². The first-order chi connectivity index (χ1) is 10.5. The molecule has 0 bridgehead atoms. The summed E-state index contributed by atoms with van der Waals surface area (Å²) in [5.74, 6) is 1.05. The zero-order valence-corrected chi connectivity index (χ0v) is 12.1. The fraction of sp³-hybridized carbons (Fsp3) is 0.125. The van der Waals surface area contributed by atoms with Gasteiger partial charge in [0.1, 0.15) is 11.5 Å². The highest BCUT2D eigenvalue weighted by Gasteiger charge is 2.04. The number of carbonyl (C=O) groups is 2. The quantitative estimate of drug-likeness (QED) is 0.791. The first kappa shape index (κ1) is 15.4. The van der Waals surface area contributed by atoms with Gasteiger partial charge in [0.2, 0.25) is 5.91 Å². The molecule has 0 saturated carbocycles. The van der Waals surface area contributed by atoms with Gasteiger partial charge in [-0.3, -0.25) is 4.79 Å². The highest BCUT2D eigenvalue weighted by atomic mass is 16.5. The predicted molar refractivity (Wildman–Crippen MR) is 83.9 cm³/mol. The van der Waals surface area contributed by atoms with E-state index in [2.05, 4.69) is 10.6 Å². The number of aryl methyl sites for hydroxylation is 1. The van der Waals surface area contributed by atoms with Crippen LogP contribution < -0.4 is 21.1 Å². The van der Waals surface area contributed by atoms with E-state index in [4.69, 9.17) is 10.5 Å². The molecular weight excluding hydrogens is 282 g/mol. The number of urea groups is 1. The van der Waals surface area contributed by atoms with Crippen molar-refractivity contribution in [3.05, 3.63) is 54.1 Å². The van der Waals surface area contributed by atoms with E-state index in [0.717, 1.165) is 11.3 Å². The molecule has 0 aromatic heterocycles. The number of nitrogens with two attached hydrogens (primary N) is 1. The molecule has 0 saturated heterocycles. The molecule has 0 heterocycles. The molecule has 0 spiro atoms.